The van der Waals surface area contributed by atoms with E-state index >= 15 is 0 Å². The Hall–Kier alpha value is -0.635. The quantitative estimate of drug-likeness (QED) is 0.566. The highest BCUT2D eigenvalue weighted by atomic mass is 32.2. The van der Waals surface area contributed by atoms with Crippen molar-refractivity contribution < 1.29 is 22.4 Å². The minimum atomic E-state index is -3.43. The third kappa shape index (κ3) is 4.94. The molecule has 2 saturated heterocycles. The second kappa shape index (κ2) is 7.29. The Balaban J connectivity index is 1.78. The lowest BCUT2D eigenvalue weighted by Crippen LogP contribution is -2.49. The summed E-state index contributed by atoms with van der Waals surface area (Å²) in [4.78, 5) is 16.3. The first kappa shape index (κ1) is 17.7. The fourth-order valence-corrected chi connectivity index (χ4v) is 3.88. The molecule has 0 aromatic heterocycles. The molecule has 0 bridgehead atoms. The molecule has 2 heterocycles. The Morgan fingerprint density at radius 2 is 1.68 bits per heavy atom. The van der Waals surface area contributed by atoms with Gasteiger partial charge in [-0.15, -0.1) is 0 Å². The summed E-state index contributed by atoms with van der Waals surface area (Å²) in [7, 11) is -3.89. The van der Waals surface area contributed by atoms with Gasteiger partial charge in [-0.05, 0) is 45.6 Å². The Morgan fingerprint density at radius 1 is 1.14 bits per heavy atom. The average molecular weight is 332 g/mol. The Labute approximate surface area is 132 Å². The van der Waals surface area contributed by atoms with Crippen LogP contribution in [0.1, 0.15) is 25.7 Å². The zero-order valence-corrected chi connectivity index (χ0v) is 14.1. The summed E-state index contributed by atoms with van der Waals surface area (Å²) in [5, 5.41) is 9.54. The molecule has 0 atom stereocenters. The van der Waals surface area contributed by atoms with Crippen LogP contribution < -0.4 is 0 Å². The monoisotopic (exact) mass is 332 g/mol. The van der Waals surface area contributed by atoms with Crippen molar-refractivity contribution in [1.82, 2.24) is 9.71 Å². The minimum Gasteiger partial charge on any atom is -0.437 e. The molecule has 0 aliphatic carbocycles. The smallest absolute Gasteiger partial charge is 0.376 e. The normalized spacial score (nSPS) is 22.8. The van der Waals surface area contributed by atoms with Crippen LogP contribution in [0.2, 0.25) is 6.82 Å². The molecule has 2 aliphatic rings. The Kier molecular flexibility index (Phi) is 5.87. The van der Waals surface area contributed by atoms with Crippen LogP contribution in [0, 0.1) is 5.92 Å². The number of rotatable bonds is 4. The van der Waals surface area contributed by atoms with Gasteiger partial charge in [0.25, 0.3) is 10.1 Å². The average Bonchev–Trinajstić information content (AvgIpc) is 2.46. The van der Waals surface area contributed by atoms with Crippen molar-refractivity contribution in [3.63, 3.8) is 0 Å². The molecule has 2 rings (SSSR count). The predicted molar refractivity (Wildman–Crippen MR) is 83.7 cm³/mol. The lowest BCUT2D eigenvalue weighted by atomic mass is 9.80. The van der Waals surface area contributed by atoms with Crippen molar-refractivity contribution in [2.75, 3.05) is 32.4 Å². The van der Waals surface area contributed by atoms with Crippen LogP contribution in [-0.4, -0.2) is 74.6 Å². The molecule has 0 radical (unpaired) electrons. The molecule has 0 aromatic rings. The zero-order chi connectivity index (χ0) is 16.3. The third-order valence-electron chi connectivity index (χ3n) is 4.47. The molecule has 1 amide bonds. The maximum atomic E-state index is 12.5. The highest BCUT2D eigenvalue weighted by Gasteiger charge is 2.33. The molecule has 0 aromatic carbocycles. The van der Waals surface area contributed by atoms with Crippen LogP contribution >= 0.6 is 0 Å². The highest BCUT2D eigenvalue weighted by molar-refractivity contribution is 7.86. The molecular weight excluding hydrogens is 307 g/mol. The summed E-state index contributed by atoms with van der Waals surface area (Å²) in [6.07, 6.45) is 3.40. The first-order valence-corrected chi connectivity index (χ1v) is 9.67. The maximum absolute atomic E-state index is 12.5. The number of amides is 1. The summed E-state index contributed by atoms with van der Waals surface area (Å²) >= 11 is 0. The molecule has 0 spiro atoms. The van der Waals surface area contributed by atoms with Crippen molar-refractivity contribution in [1.29, 1.82) is 0 Å². The summed E-state index contributed by atoms with van der Waals surface area (Å²) in [6.45, 7) is 4.32. The van der Waals surface area contributed by atoms with Crippen LogP contribution in [0.25, 0.3) is 0 Å². The van der Waals surface area contributed by atoms with Gasteiger partial charge >= 0.3 is 7.05 Å². The van der Waals surface area contributed by atoms with Crippen molar-refractivity contribution >= 4 is 23.1 Å². The molecule has 7 nitrogen and oxygen atoms in total. The molecule has 2 aliphatic heterocycles. The van der Waals surface area contributed by atoms with Gasteiger partial charge in [0, 0.05) is 19.0 Å². The van der Waals surface area contributed by atoms with Gasteiger partial charge in [-0.1, -0.05) is 0 Å². The van der Waals surface area contributed by atoms with E-state index in [2.05, 4.69) is 0 Å². The van der Waals surface area contributed by atoms with Gasteiger partial charge in [0.1, 0.15) is 0 Å². The van der Waals surface area contributed by atoms with E-state index in [1.54, 1.807) is 6.82 Å². The number of hydrogen-bond acceptors (Lipinski definition) is 6. The zero-order valence-electron chi connectivity index (χ0n) is 13.3. The van der Waals surface area contributed by atoms with Crippen LogP contribution in [0.15, 0.2) is 0 Å². The highest BCUT2D eigenvalue weighted by Crippen LogP contribution is 2.23. The molecule has 0 unspecified atom stereocenters. The van der Waals surface area contributed by atoms with Crippen molar-refractivity contribution in [2.45, 2.75) is 38.6 Å². The van der Waals surface area contributed by atoms with Crippen molar-refractivity contribution in [2.24, 2.45) is 5.92 Å². The fourth-order valence-electron chi connectivity index (χ4n) is 3.20. The standard InChI is InChI=1S/C13H25BN2O5S/c1-14(18)16-9-3-11(4-10-16)13(17)15-7-5-12(6-8-15)21-22(2,19)20/h11-12,18H,3-10H2,1-2H3. The number of piperidine rings is 2. The van der Waals surface area contributed by atoms with E-state index in [0.29, 0.717) is 25.9 Å². The van der Waals surface area contributed by atoms with Gasteiger partial charge in [0.2, 0.25) is 5.91 Å². The number of carbonyl (C=O) groups excluding carboxylic acids is 1. The predicted octanol–water partition coefficient (Wildman–Crippen LogP) is -0.224. The second-order valence-corrected chi connectivity index (χ2v) is 7.87. The SMILES string of the molecule is CB(O)N1CCC(C(=O)N2CCC(OS(C)(=O)=O)CC2)CC1. The van der Waals surface area contributed by atoms with E-state index < -0.39 is 17.2 Å². The summed E-state index contributed by atoms with van der Waals surface area (Å²) in [6, 6.07) is 0. The van der Waals surface area contributed by atoms with E-state index in [0.717, 1.165) is 32.2 Å². The van der Waals surface area contributed by atoms with Gasteiger partial charge in [0.05, 0.1) is 12.4 Å². The summed E-state index contributed by atoms with van der Waals surface area (Å²) < 4.78 is 27.2. The largest absolute Gasteiger partial charge is 0.437 e. The third-order valence-corrected chi connectivity index (χ3v) is 5.09. The molecule has 22 heavy (non-hydrogen) atoms. The molecule has 126 valence electrons. The second-order valence-electron chi connectivity index (χ2n) is 6.27. The van der Waals surface area contributed by atoms with Gasteiger partial charge < -0.3 is 14.7 Å². The van der Waals surface area contributed by atoms with Crippen LogP contribution in [0.3, 0.4) is 0 Å². The van der Waals surface area contributed by atoms with Crippen LogP contribution in [-0.2, 0) is 19.1 Å². The lowest BCUT2D eigenvalue weighted by Gasteiger charge is -2.37. The van der Waals surface area contributed by atoms with Crippen molar-refractivity contribution in [3.8, 4) is 0 Å². The number of likely N-dealkylation sites (tertiary alicyclic amines) is 1. The summed E-state index contributed by atoms with van der Waals surface area (Å²) in [5.41, 5.74) is 0. The van der Waals surface area contributed by atoms with Gasteiger partial charge in [-0.3, -0.25) is 8.98 Å². The Morgan fingerprint density at radius 3 is 2.14 bits per heavy atom. The van der Waals surface area contributed by atoms with Crippen LogP contribution in [0.5, 0.6) is 0 Å². The van der Waals surface area contributed by atoms with E-state index in [1.165, 1.54) is 0 Å². The maximum Gasteiger partial charge on any atom is 0.376 e. The number of hydrogen-bond donors (Lipinski definition) is 1. The van der Waals surface area contributed by atoms with Crippen LogP contribution in [0.4, 0.5) is 0 Å². The molecule has 2 fully saturated rings. The number of carbonyl (C=O) groups is 1. The first-order chi connectivity index (χ1) is 10.3. The fraction of sp³-hybridized carbons (Fsp3) is 0.923. The van der Waals surface area contributed by atoms with Gasteiger partial charge in [-0.25, -0.2) is 0 Å². The van der Waals surface area contributed by atoms with E-state index in [4.69, 9.17) is 4.18 Å². The minimum absolute atomic E-state index is 0.0161. The summed E-state index contributed by atoms with van der Waals surface area (Å²) in [5.74, 6) is 0.172. The molecule has 9 heteroatoms. The first-order valence-electron chi connectivity index (χ1n) is 7.85. The van der Waals surface area contributed by atoms with Gasteiger partial charge in [-0.2, -0.15) is 8.42 Å². The van der Waals surface area contributed by atoms with E-state index in [1.807, 2.05) is 9.71 Å². The molecule has 1 N–H and O–H groups in total. The van der Waals surface area contributed by atoms with Crippen molar-refractivity contribution in [3.05, 3.63) is 0 Å². The van der Waals surface area contributed by atoms with Gasteiger partial charge in [0.15, 0.2) is 0 Å². The topological polar surface area (TPSA) is 87.2 Å². The number of nitrogens with zero attached hydrogens (tertiary/aromatic N) is 2. The molecular formula is C13H25BN2O5S. The Bertz CT molecular complexity index is 483. The van der Waals surface area contributed by atoms with E-state index in [9.17, 15) is 18.2 Å². The molecule has 0 saturated carbocycles. The lowest BCUT2D eigenvalue weighted by molar-refractivity contribution is -0.138. The van der Waals surface area contributed by atoms with E-state index in [-0.39, 0.29) is 17.9 Å².